The number of nitrogens with one attached hydrogen (secondary N) is 1. The van der Waals surface area contributed by atoms with E-state index in [2.05, 4.69) is 5.09 Å². The van der Waals surface area contributed by atoms with Crippen molar-refractivity contribution in [1.29, 1.82) is 0 Å². The summed E-state index contributed by atoms with van der Waals surface area (Å²) in [5.41, 5.74) is -2.09. The molecule has 0 amide bonds. The number of ether oxygens (including phenoxy) is 3. The van der Waals surface area contributed by atoms with Gasteiger partial charge in [0, 0.05) is 51.2 Å². The zero-order chi connectivity index (χ0) is 36.5. The number of carbonyl (C=O) groups is 3. The van der Waals surface area contributed by atoms with Crippen LogP contribution in [0.1, 0.15) is 63.1 Å². The first-order valence-electron chi connectivity index (χ1n) is 18.2. The number of Topliss-reactive ketones (excluding diaryl/α,β-unsaturated/α-hetero) is 2. The van der Waals surface area contributed by atoms with Crippen molar-refractivity contribution >= 4 is 25.3 Å². The largest absolute Gasteiger partial charge is 0.462 e. The fourth-order valence-corrected chi connectivity index (χ4v) is 9.79. The topological polar surface area (TPSA) is 133 Å². The van der Waals surface area contributed by atoms with Gasteiger partial charge in [-0.15, -0.1) is 0 Å². The second-order valence-electron chi connectivity index (χ2n) is 13.9. The van der Waals surface area contributed by atoms with Crippen LogP contribution in [0, 0.1) is 11.8 Å². The second kappa shape index (κ2) is 14.8. The maximum Gasteiger partial charge on any atom is 0.406 e. The Morgan fingerprint density at radius 1 is 0.936 bits per heavy atom. The monoisotopic (exact) mass is 680 g/mol. The average Bonchev–Trinajstić information content (AvgIpc) is 3.05. The highest BCUT2D eigenvalue weighted by atomic mass is 31.2. The fourth-order valence-electron chi connectivity index (χ4n) is 8.23. The maximum atomic E-state index is 15.2. The van der Waals surface area contributed by atoms with Crippen molar-refractivity contribution in [1.82, 2.24) is 14.9 Å². The summed E-state index contributed by atoms with van der Waals surface area (Å²) in [5.74, 6) is -1.59. The van der Waals surface area contributed by atoms with E-state index >= 15 is 4.57 Å². The zero-order valence-corrected chi connectivity index (χ0v) is 29.0. The summed E-state index contributed by atoms with van der Waals surface area (Å²) in [7, 11) is -5.92. The van der Waals surface area contributed by atoms with Crippen LogP contribution < -0.4 is 5.09 Å². The van der Waals surface area contributed by atoms with E-state index in [1.54, 1.807) is 13.8 Å². The van der Waals surface area contributed by atoms with Gasteiger partial charge in [-0.2, -0.15) is 0 Å². The molecule has 6 heterocycles. The minimum Gasteiger partial charge on any atom is -0.462 e. The van der Waals surface area contributed by atoms with E-state index in [0.717, 1.165) is 5.56 Å². The van der Waals surface area contributed by atoms with E-state index in [-0.39, 0.29) is 55.1 Å². The van der Waals surface area contributed by atoms with Crippen LogP contribution >= 0.6 is 7.75 Å². The van der Waals surface area contributed by atoms with Crippen LogP contribution in [0.2, 0.25) is 0 Å². The highest BCUT2D eigenvalue weighted by Crippen LogP contribution is 2.50. The molecule has 6 fully saturated rings. The van der Waals surface area contributed by atoms with Crippen LogP contribution in [-0.4, -0.2) is 116 Å². The molecule has 7 rings (SSSR count). The van der Waals surface area contributed by atoms with Gasteiger partial charge in [0.2, 0.25) is 0 Å². The number of methoxy groups -OCH3 is 2. The molecule has 4 unspecified atom stereocenters. The third-order valence-corrected chi connectivity index (χ3v) is 12.0. The van der Waals surface area contributed by atoms with Crippen molar-refractivity contribution in [2.75, 3.05) is 53.7 Å². The van der Waals surface area contributed by atoms with Crippen molar-refractivity contribution in [3.8, 4) is 0 Å². The van der Waals surface area contributed by atoms with E-state index in [9.17, 15) is 14.4 Å². The lowest BCUT2D eigenvalue weighted by Gasteiger charge is -2.56. The highest BCUT2D eigenvalue weighted by Gasteiger charge is 2.59. The van der Waals surface area contributed by atoms with Gasteiger partial charge in [0.05, 0.1) is 36.6 Å². The summed E-state index contributed by atoms with van der Waals surface area (Å²) >= 11 is 0. The average molecular weight is 681 g/mol. The van der Waals surface area contributed by atoms with Crippen LogP contribution in [0.4, 0.5) is 0 Å². The van der Waals surface area contributed by atoms with Crippen molar-refractivity contribution in [3.05, 3.63) is 35.9 Å². The Hall–Kier alpha value is -2.02. The van der Waals surface area contributed by atoms with E-state index < -0.39 is 57.2 Å². The molecule has 6 saturated heterocycles. The van der Waals surface area contributed by atoms with Gasteiger partial charge in [-0.25, -0.2) is 9.65 Å². The Morgan fingerprint density at radius 2 is 1.47 bits per heavy atom. The van der Waals surface area contributed by atoms with Crippen molar-refractivity contribution in [2.24, 2.45) is 11.8 Å². The molecule has 262 valence electrons. The second-order valence-corrected chi connectivity index (χ2v) is 15.7. The number of hydrogen-bond donors (Lipinski definition) is 1. The summed E-state index contributed by atoms with van der Waals surface area (Å²) in [5, 5.41) is 2.84. The number of piperidine rings is 6. The molecule has 0 saturated carbocycles. The summed E-state index contributed by atoms with van der Waals surface area (Å²) in [6, 6.07) is 7.81. The summed E-state index contributed by atoms with van der Waals surface area (Å²) in [4.78, 5) is 45.4. The predicted octanol–water partition coefficient (Wildman–Crippen LogP) is 3.42. The van der Waals surface area contributed by atoms with Crippen LogP contribution in [0.15, 0.2) is 30.3 Å². The first-order chi connectivity index (χ1) is 23.5. The normalized spacial score (nSPS) is 36.4. The van der Waals surface area contributed by atoms with Gasteiger partial charge >= 0.3 is 13.7 Å². The van der Waals surface area contributed by atoms with Crippen molar-refractivity contribution in [3.63, 3.8) is 0 Å². The number of carbonyl (C=O) groups excluding carboxylic acids is 3. The molecule has 12 nitrogen and oxygen atoms in total. The molecular weight excluding hydrogens is 625 g/mol. The molecule has 0 radical (unpaired) electrons. The zero-order valence-electron chi connectivity index (χ0n) is 31.1. The first kappa shape index (κ1) is 32.2. The lowest BCUT2D eigenvalue weighted by atomic mass is 9.71. The Morgan fingerprint density at radius 3 is 1.94 bits per heavy atom. The molecule has 1 aromatic carbocycles. The number of benzene rings is 1. The smallest absolute Gasteiger partial charge is 0.406 e. The molecule has 10 atom stereocenters. The fraction of sp³-hybridized carbons (Fsp3) is 0.735. The Labute approximate surface area is 282 Å². The quantitative estimate of drug-likeness (QED) is 0.203. The Balaban J connectivity index is 1.51. The number of rotatable bonds is 16. The Kier molecular flexibility index (Phi) is 10.2. The third kappa shape index (κ3) is 7.31. The van der Waals surface area contributed by atoms with Gasteiger partial charge in [-0.05, 0) is 65.4 Å². The molecule has 6 aliphatic heterocycles. The molecule has 0 aliphatic carbocycles. The van der Waals surface area contributed by atoms with Crippen molar-refractivity contribution < 1.29 is 46.3 Å². The highest BCUT2D eigenvalue weighted by molar-refractivity contribution is 7.51. The van der Waals surface area contributed by atoms with E-state index in [4.69, 9.17) is 27.4 Å². The van der Waals surface area contributed by atoms with Crippen molar-refractivity contribution in [2.45, 2.75) is 95.1 Å². The number of fused-ring (bicyclic) bond motifs is 6. The van der Waals surface area contributed by atoms with Crippen LogP contribution in [0.25, 0.3) is 0 Å². The molecule has 47 heavy (non-hydrogen) atoms. The number of ketones is 2. The Bertz CT molecular complexity index is 1440. The number of nitrogens with zero attached hydrogens (tertiary/aromatic N) is 2. The molecular formula is C34H52N3O9P. The molecule has 4 bridgehead atoms. The van der Waals surface area contributed by atoms with Gasteiger partial charge < -0.3 is 14.2 Å². The van der Waals surface area contributed by atoms with Gasteiger partial charge in [-0.1, -0.05) is 30.3 Å². The minimum atomic E-state index is -4.61. The van der Waals surface area contributed by atoms with Gasteiger partial charge in [0.25, 0.3) is 0 Å². The lowest BCUT2D eigenvalue weighted by Crippen LogP contribution is -2.72. The summed E-state index contributed by atoms with van der Waals surface area (Å²) < 4.78 is 67.1. The lowest BCUT2D eigenvalue weighted by molar-refractivity contribution is -0.165. The van der Waals surface area contributed by atoms with Crippen LogP contribution in [-0.2, 0) is 48.6 Å². The summed E-state index contributed by atoms with van der Waals surface area (Å²) in [6.45, 7) is 7.03. The van der Waals surface area contributed by atoms with Crippen LogP contribution in [0.5, 0.6) is 0 Å². The van der Waals surface area contributed by atoms with Gasteiger partial charge in [0.15, 0.2) is 11.6 Å². The number of hydrogen-bond acceptors (Lipinski definition) is 11. The molecule has 13 heteroatoms. The summed E-state index contributed by atoms with van der Waals surface area (Å²) in [6.07, 6.45) is 2.17. The van der Waals surface area contributed by atoms with E-state index in [1.807, 2.05) is 54.0 Å². The van der Waals surface area contributed by atoms with E-state index in [0.29, 0.717) is 38.8 Å². The molecule has 0 aromatic heterocycles. The molecule has 1 N–H and O–H groups in total. The minimum absolute atomic E-state index is 0.0165. The van der Waals surface area contributed by atoms with Gasteiger partial charge in [-0.3, -0.25) is 33.2 Å². The third-order valence-electron chi connectivity index (χ3n) is 10.4. The van der Waals surface area contributed by atoms with E-state index in [1.165, 1.54) is 7.11 Å². The standard InChI is InChI=1S/C34H52N3O9P/c1-23(2)46-32(40)29(18-26-10-8-7-9-11-26)35-47(41,44-21-33(19-42-5)30(38)27-12-14-36(33)24(3)16-27)45-22-34(20-43-6)31(39)28-13-15-37(34)25(4)17-28/h7-11,23-25,27-29H,12-22H2,1-6H3,(H,35,41)/t24-,25-,27+,28?,29+,33+,34+,47?/m1/s1/i5D3. The molecule has 6 aliphatic rings. The first-order valence-corrected chi connectivity index (χ1v) is 18.2. The molecule has 0 spiro atoms. The van der Waals surface area contributed by atoms with Gasteiger partial charge in [0.1, 0.15) is 17.1 Å². The maximum absolute atomic E-state index is 15.2. The van der Waals surface area contributed by atoms with Crippen LogP contribution in [0.3, 0.4) is 0 Å². The SMILES string of the molecule is [2H]C([2H])([2H])OC[C@]1(COP(=O)(N[C@@H](Cc2ccccc2)C(=O)OC(C)C)OC[C@@]2(COC)C(=O)C3CCN2[C@H](C)C3)C(=O)[C@H]2CCN1[C@H](C)C2. The predicted molar refractivity (Wildman–Crippen MR) is 175 cm³/mol. The molecule has 1 aromatic rings. The number of esters is 1.